The summed E-state index contributed by atoms with van der Waals surface area (Å²) in [6.45, 7) is 0. The van der Waals surface area contributed by atoms with Crippen molar-refractivity contribution in [3.63, 3.8) is 0 Å². The molecule has 0 aliphatic heterocycles. The van der Waals surface area contributed by atoms with E-state index in [4.69, 9.17) is 9.97 Å². The zero-order valence-corrected chi connectivity index (χ0v) is 56.2. The van der Waals surface area contributed by atoms with Crippen molar-refractivity contribution in [3.8, 4) is 102 Å². The second kappa shape index (κ2) is 25.4. The predicted molar refractivity (Wildman–Crippen MR) is 428 cm³/mol. The number of benzene rings is 14. The number of fused-ring (bicyclic) bond motifs is 12. The van der Waals surface area contributed by atoms with E-state index in [-0.39, 0.29) is 0 Å². The Hall–Kier alpha value is -14.4. The van der Waals surface area contributed by atoms with Crippen molar-refractivity contribution in [1.29, 1.82) is 10.5 Å². The normalized spacial score (nSPS) is 11.4. The van der Waals surface area contributed by atoms with E-state index in [1.54, 1.807) is 0 Å². The minimum Gasteiger partial charge on any atom is -0.309 e. The molecule has 0 saturated heterocycles. The van der Waals surface area contributed by atoms with Gasteiger partial charge in [0.2, 0.25) is 0 Å². The van der Waals surface area contributed by atoms with Crippen molar-refractivity contribution in [3.05, 3.63) is 375 Å². The molecule has 0 aliphatic carbocycles. The molecule has 0 spiro atoms. The molecule has 6 aromatic heterocycles. The first kappa shape index (κ1) is 60.7. The Morgan fingerprint density at radius 2 is 0.481 bits per heavy atom. The topological polar surface area (TPSA) is 93.1 Å². The summed E-state index contributed by atoms with van der Waals surface area (Å²) in [5.74, 6) is 1.65. The summed E-state index contributed by atoms with van der Waals surface area (Å²) in [6, 6.07) is 132. The van der Waals surface area contributed by atoms with Crippen molar-refractivity contribution in [2.75, 3.05) is 0 Å². The Morgan fingerprint density at radius 3 is 0.885 bits per heavy atom. The van der Waals surface area contributed by atoms with E-state index < -0.39 is 0 Å². The van der Waals surface area contributed by atoms with E-state index >= 15 is 0 Å². The van der Waals surface area contributed by atoms with Gasteiger partial charge < -0.3 is 9.13 Å². The summed E-state index contributed by atoms with van der Waals surface area (Å²) in [7, 11) is 0. The van der Waals surface area contributed by atoms with Gasteiger partial charge in [-0.1, -0.05) is 218 Å². The fourth-order valence-electron chi connectivity index (χ4n) is 15.5. The summed E-state index contributed by atoms with van der Waals surface area (Å²) in [6.07, 6.45) is 0. The lowest BCUT2D eigenvalue weighted by molar-refractivity contribution is 1.08. The monoisotopic (exact) mass is 1320 g/mol. The molecule has 0 aliphatic rings. The molecule has 0 N–H and O–H groups in total. The predicted octanol–water partition coefficient (Wildman–Crippen LogP) is 24.3. The van der Waals surface area contributed by atoms with E-state index in [1.165, 1.54) is 76.3 Å². The number of nitrogens with zero attached hydrogens (tertiary/aromatic N) is 8. The third-order valence-electron chi connectivity index (χ3n) is 20.3. The SMILES string of the molecule is N#Cc1cccc(-c2cc(-c3ccccc3)cc(-n3c4ccccc4c4cc(-c5ccc6c(c5)c5ccccc5n6-c5ccccc5)ccc43)n2)c1.N#Cc1cccc(-c2cc(-c3ccccc3)nc(-n3c4ccccc4c4cc(-c5ccc6c(c5)c5ccccc5n6-c5ccccc5)ccc43)c2)c1. The van der Waals surface area contributed by atoms with Gasteiger partial charge in [-0.05, 0) is 190 Å². The second-order valence-corrected chi connectivity index (χ2v) is 26.3. The molecule has 0 atom stereocenters. The molecule has 0 bridgehead atoms. The molecule has 14 aromatic carbocycles. The molecule has 8 heteroatoms. The van der Waals surface area contributed by atoms with E-state index in [2.05, 4.69) is 328 Å². The molecule has 484 valence electrons. The van der Waals surface area contributed by atoms with Crippen molar-refractivity contribution < 1.29 is 0 Å². The lowest BCUT2D eigenvalue weighted by Gasteiger charge is -2.13. The Labute approximate surface area is 599 Å². The number of hydrogen-bond acceptors (Lipinski definition) is 4. The van der Waals surface area contributed by atoms with Crippen LogP contribution in [0.15, 0.2) is 364 Å². The van der Waals surface area contributed by atoms with Crippen molar-refractivity contribution in [2.24, 2.45) is 0 Å². The molecular weight excluding hydrogens is 1270 g/mol. The van der Waals surface area contributed by atoms with Crippen LogP contribution in [0.1, 0.15) is 11.1 Å². The first-order chi connectivity index (χ1) is 51.5. The third-order valence-corrected chi connectivity index (χ3v) is 20.3. The summed E-state index contributed by atoms with van der Waals surface area (Å²) in [4.78, 5) is 10.6. The zero-order valence-electron chi connectivity index (χ0n) is 56.2. The minimum absolute atomic E-state index is 0.609. The summed E-state index contributed by atoms with van der Waals surface area (Å²) in [5, 5.41) is 28.9. The van der Waals surface area contributed by atoms with E-state index in [0.29, 0.717) is 11.1 Å². The first-order valence-corrected chi connectivity index (χ1v) is 34.9. The Kier molecular flexibility index (Phi) is 14.8. The van der Waals surface area contributed by atoms with Gasteiger partial charge >= 0.3 is 0 Å². The average Bonchev–Trinajstić information content (AvgIpc) is 1.59. The highest BCUT2D eigenvalue weighted by molar-refractivity contribution is 6.15. The van der Waals surface area contributed by atoms with Crippen LogP contribution in [0.25, 0.3) is 177 Å². The van der Waals surface area contributed by atoms with Crippen molar-refractivity contribution >= 4 is 87.2 Å². The van der Waals surface area contributed by atoms with Crippen LogP contribution in [0.3, 0.4) is 0 Å². The quantitative estimate of drug-likeness (QED) is 0.136. The number of hydrogen-bond donors (Lipinski definition) is 0. The Morgan fingerprint density at radius 1 is 0.192 bits per heavy atom. The highest BCUT2D eigenvalue weighted by atomic mass is 15.1. The van der Waals surface area contributed by atoms with Gasteiger partial charge in [0.1, 0.15) is 11.6 Å². The van der Waals surface area contributed by atoms with Gasteiger partial charge in [-0.3, -0.25) is 9.13 Å². The fraction of sp³-hybridized carbons (Fsp3) is 0. The highest BCUT2D eigenvalue weighted by Gasteiger charge is 2.22. The molecule has 20 aromatic rings. The van der Waals surface area contributed by atoms with Gasteiger partial charge in [0.05, 0.1) is 78.8 Å². The maximum absolute atomic E-state index is 9.67. The highest BCUT2D eigenvalue weighted by Crippen LogP contribution is 2.43. The van der Waals surface area contributed by atoms with Crippen LogP contribution in [-0.2, 0) is 0 Å². The van der Waals surface area contributed by atoms with Crippen molar-refractivity contribution in [1.82, 2.24) is 28.2 Å². The first-order valence-electron chi connectivity index (χ1n) is 34.9. The van der Waals surface area contributed by atoms with Crippen LogP contribution in [0.2, 0.25) is 0 Å². The summed E-state index contributed by atoms with van der Waals surface area (Å²) in [5.41, 5.74) is 25.1. The molecule has 0 saturated carbocycles. The van der Waals surface area contributed by atoms with E-state index in [9.17, 15) is 10.5 Å². The molecule has 0 amide bonds. The molecule has 8 nitrogen and oxygen atoms in total. The van der Waals surface area contributed by atoms with E-state index in [1.807, 2.05) is 66.7 Å². The van der Waals surface area contributed by atoms with Crippen LogP contribution in [-0.4, -0.2) is 28.2 Å². The number of rotatable bonds is 10. The molecule has 0 unspecified atom stereocenters. The number of aromatic nitrogens is 6. The van der Waals surface area contributed by atoms with Crippen molar-refractivity contribution in [2.45, 2.75) is 0 Å². The molecule has 6 heterocycles. The summed E-state index contributed by atoms with van der Waals surface area (Å²) >= 11 is 0. The maximum atomic E-state index is 9.67. The van der Waals surface area contributed by atoms with E-state index in [0.717, 1.165) is 101 Å². The van der Waals surface area contributed by atoms with Gasteiger partial charge in [0.25, 0.3) is 0 Å². The van der Waals surface area contributed by atoms with Gasteiger partial charge in [-0.15, -0.1) is 0 Å². The van der Waals surface area contributed by atoms with Crippen LogP contribution >= 0.6 is 0 Å². The standard InChI is InChI=1S/2C48H30N4/c49-31-32-12-11-15-36(26-32)43-29-37(33-13-3-1-4-14-33)30-48(50-43)52-45-21-10-8-19-40(45)42-28-35(23-25-47(42)52)34-22-24-46-41(27-34)39-18-7-9-20-44(39)51(46)38-16-5-2-6-17-38;49-31-32-12-11-15-34(26-32)37-29-43(33-13-3-1-4-14-33)50-48(30-37)52-45-21-10-8-19-40(45)42-28-36(23-25-47(42)52)35-22-24-46-41(27-35)39-18-7-9-20-44(39)51(46)38-16-5-2-6-17-38/h2*1-30H. The van der Waals surface area contributed by atoms with Crippen LogP contribution in [0.5, 0.6) is 0 Å². The number of nitriles is 2. The second-order valence-electron chi connectivity index (χ2n) is 26.3. The molecule has 0 radical (unpaired) electrons. The molecule has 20 rings (SSSR count). The Bertz CT molecular complexity index is 6450. The smallest absolute Gasteiger partial charge is 0.138 e. The molecule has 104 heavy (non-hydrogen) atoms. The average molecular weight is 1330 g/mol. The summed E-state index contributed by atoms with van der Waals surface area (Å²) < 4.78 is 9.25. The number of para-hydroxylation sites is 6. The Balaban J connectivity index is 0.000000143. The third kappa shape index (κ3) is 10.5. The number of pyridine rings is 2. The van der Waals surface area contributed by atoms with Gasteiger partial charge in [-0.2, -0.15) is 10.5 Å². The maximum Gasteiger partial charge on any atom is 0.138 e. The molecule has 0 fully saturated rings. The van der Waals surface area contributed by atoms with Gasteiger partial charge in [0.15, 0.2) is 0 Å². The largest absolute Gasteiger partial charge is 0.309 e. The van der Waals surface area contributed by atoms with Gasteiger partial charge in [0, 0.05) is 65.6 Å². The minimum atomic E-state index is 0.609. The lowest BCUT2D eigenvalue weighted by atomic mass is 10.0. The van der Waals surface area contributed by atoms with Crippen LogP contribution in [0.4, 0.5) is 0 Å². The zero-order chi connectivity index (χ0) is 69.2. The lowest BCUT2D eigenvalue weighted by Crippen LogP contribution is -2.00. The van der Waals surface area contributed by atoms with Gasteiger partial charge in [-0.25, -0.2) is 9.97 Å². The molecular formula is C96H60N8. The van der Waals surface area contributed by atoms with Crippen LogP contribution < -0.4 is 0 Å². The van der Waals surface area contributed by atoms with Crippen LogP contribution in [0, 0.1) is 22.7 Å². The fourth-order valence-corrected chi connectivity index (χ4v) is 15.5.